The first-order valence-corrected chi connectivity index (χ1v) is 5.60. The van der Waals surface area contributed by atoms with E-state index in [4.69, 9.17) is 10.5 Å². The zero-order chi connectivity index (χ0) is 11.8. The maximum absolute atomic E-state index is 13.4. The molecule has 0 atom stereocenters. The highest BCUT2D eigenvalue weighted by Gasteiger charge is 2.03. The van der Waals surface area contributed by atoms with Crippen molar-refractivity contribution in [2.75, 3.05) is 19.7 Å². The van der Waals surface area contributed by atoms with Gasteiger partial charge in [0.25, 0.3) is 0 Å². The predicted molar refractivity (Wildman–Crippen MR) is 62.9 cm³/mol. The standard InChI is InChI=1S/C12H19FN2O/c1-2-16-12-5-4-10(8-11(12)13)9-15-7-3-6-14/h4-5,8,15H,2-3,6-7,9,14H2,1H3. The van der Waals surface area contributed by atoms with Gasteiger partial charge in [0.1, 0.15) is 0 Å². The minimum absolute atomic E-state index is 0.306. The molecule has 0 heterocycles. The monoisotopic (exact) mass is 226 g/mol. The molecular weight excluding hydrogens is 207 g/mol. The molecule has 1 aromatic rings. The minimum Gasteiger partial charge on any atom is -0.491 e. The number of hydrogen-bond donors (Lipinski definition) is 2. The Bertz CT molecular complexity index is 318. The van der Waals surface area contributed by atoms with E-state index in [2.05, 4.69) is 5.32 Å². The lowest BCUT2D eigenvalue weighted by atomic mass is 10.2. The van der Waals surface area contributed by atoms with E-state index in [0.717, 1.165) is 18.5 Å². The van der Waals surface area contributed by atoms with E-state index < -0.39 is 0 Å². The molecule has 1 aromatic carbocycles. The molecule has 0 aliphatic carbocycles. The third-order valence-corrected chi connectivity index (χ3v) is 2.18. The van der Waals surface area contributed by atoms with Crippen molar-refractivity contribution < 1.29 is 9.13 Å². The molecule has 0 amide bonds. The molecular formula is C12H19FN2O. The van der Waals surface area contributed by atoms with Gasteiger partial charge in [0.2, 0.25) is 0 Å². The third kappa shape index (κ3) is 4.16. The van der Waals surface area contributed by atoms with E-state index in [1.54, 1.807) is 6.07 Å². The fraction of sp³-hybridized carbons (Fsp3) is 0.500. The average Bonchev–Trinajstić information content (AvgIpc) is 2.28. The van der Waals surface area contributed by atoms with Crippen LogP contribution in [0.15, 0.2) is 18.2 Å². The second kappa shape index (κ2) is 7.19. The highest BCUT2D eigenvalue weighted by atomic mass is 19.1. The average molecular weight is 226 g/mol. The number of benzene rings is 1. The van der Waals surface area contributed by atoms with Crippen LogP contribution in [0.5, 0.6) is 5.75 Å². The number of hydrogen-bond acceptors (Lipinski definition) is 3. The first-order valence-electron chi connectivity index (χ1n) is 5.60. The first kappa shape index (κ1) is 12.9. The molecule has 4 heteroatoms. The van der Waals surface area contributed by atoms with Crippen LogP contribution in [0.25, 0.3) is 0 Å². The van der Waals surface area contributed by atoms with Crippen molar-refractivity contribution in [1.29, 1.82) is 0 Å². The summed E-state index contributed by atoms with van der Waals surface area (Å²) in [7, 11) is 0. The van der Waals surface area contributed by atoms with Gasteiger partial charge in [-0.25, -0.2) is 4.39 Å². The Hall–Kier alpha value is -1.13. The van der Waals surface area contributed by atoms with Gasteiger partial charge in [-0.3, -0.25) is 0 Å². The Morgan fingerprint density at radius 3 is 2.88 bits per heavy atom. The lowest BCUT2D eigenvalue weighted by Gasteiger charge is -2.07. The molecule has 1 rings (SSSR count). The van der Waals surface area contributed by atoms with Crippen LogP contribution in [0.1, 0.15) is 18.9 Å². The van der Waals surface area contributed by atoms with Crippen LogP contribution in [-0.2, 0) is 6.54 Å². The molecule has 0 saturated carbocycles. The fourth-order valence-corrected chi connectivity index (χ4v) is 1.39. The molecule has 0 aliphatic heterocycles. The van der Waals surface area contributed by atoms with Gasteiger partial charge in [0, 0.05) is 6.54 Å². The van der Waals surface area contributed by atoms with E-state index in [1.165, 1.54) is 6.07 Å². The van der Waals surface area contributed by atoms with Crippen LogP contribution < -0.4 is 15.8 Å². The number of ether oxygens (including phenoxy) is 1. The van der Waals surface area contributed by atoms with E-state index in [9.17, 15) is 4.39 Å². The van der Waals surface area contributed by atoms with Gasteiger partial charge in [-0.1, -0.05) is 6.07 Å². The van der Waals surface area contributed by atoms with Gasteiger partial charge in [-0.2, -0.15) is 0 Å². The summed E-state index contributed by atoms with van der Waals surface area (Å²) in [5.74, 6) is 0.00758. The molecule has 0 saturated heterocycles. The summed E-state index contributed by atoms with van der Waals surface area (Å²) < 4.78 is 18.6. The van der Waals surface area contributed by atoms with Gasteiger partial charge < -0.3 is 15.8 Å². The molecule has 0 radical (unpaired) electrons. The topological polar surface area (TPSA) is 47.3 Å². The Morgan fingerprint density at radius 1 is 1.44 bits per heavy atom. The Balaban J connectivity index is 2.46. The molecule has 0 bridgehead atoms. The van der Waals surface area contributed by atoms with Crippen LogP contribution in [0, 0.1) is 5.82 Å². The van der Waals surface area contributed by atoms with Gasteiger partial charge >= 0.3 is 0 Å². The highest BCUT2D eigenvalue weighted by Crippen LogP contribution is 2.18. The molecule has 16 heavy (non-hydrogen) atoms. The lowest BCUT2D eigenvalue weighted by Crippen LogP contribution is -2.17. The summed E-state index contributed by atoms with van der Waals surface area (Å²) >= 11 is 0. The summed E-state index contributed by atoms with van der Waals surface area (Å²) in [5, 5.41) is 3.19. The Kier molecular flexibility index (Phi) is 5.82. The summed E-state index contributed by atoms with van der Waals surface area (Å²) in [6.07, 6.45) is 0.930. The van der Waals surface area contributed by atoms with Gasteiger partial charge in [-0.05, 0) is 44.1 Å². The molecule has 0 aliphatic rings. The first-order chi connectivity index (χ1) is 7.77. The summed E-state index contributed by atoms with van der Waals surface area (Å²) in [6, 6.07) is 5.03. The summed E-state index contributed by atoms with van der Waals surface area (Å²) in [4.78, 5) is 0. The number of nitrogens with two attached hydrogens (primary N) is 1. The van der Waals surface area contributed by atoms with Gasteiger partial charge in [-0.15, -0.1) is 0 Å². The molecule has 3 N–H and O–H groups in total. The molecule has 3 nitrogen and oxygen atoms in total. The molecule has 0 unspecified atom stereocenters. The second-order valence-corrected chi connectivity index (χ2v) is 3.52. The number of rotatable bonds is 7. The van der Waals surface area contributed by atoms with E-state index in [1.807, 2.05) is 13.0 Å². The Morgan fingerprint density at radius 2 is 2.25 bits per heavy atom. The minimum atomic E-state index is -0.306. The van der Waals surface area contributed by atoms with Crippen LogP contribution >= 0.6 is 0 Å². The van der Waals surface area contributed by atoms with Crippen LogP contribution in [0.3, 0.4) is 0 Å². The van der Waals surface area contributed by atoms with Gasteiger partial charge in [0.05, 0.1) is 6.61 Å². The maximum atomic E-state index is 13.4. The zero-order valence-corrected chi connectivity index (χ0v) is 9.63. The largest absolute Gasteiger partial charge is 0.491 e. The quantitative estimate of drug-likeness (QED) is 0.695. The summed E-state index contributed by atoms with van der Waals surface area (Å²) in [5.41, 5.74) is 6.28. The summed E-state index contributed by atoms with van der Waals surface area (Å²) in [6.45, 7) is 4.49. The van der Waals surface area contributed by atoms with Crippen molar-refractivity contribution in [2.24, 2.45) is 5.73 Å². The SMILES string of the molecule is CCOc1ccc(CNCCCN)cc1F. The van der Waals surface area contributed by atoms with E-state index in [0.29, 0.717) is 25.4 Å². The predicted octanol–water partition coefficient (Wildman–Crippen LogP) is 1.66. The van der Waals surface area contributed by atoms with Crippen LogP contribution in [0.4, 0.5) is 4.39 Å². The molecule has 0 spiro atoms. The van der Waals surface area contributed by atoms with Crippen molar-refractivity contribution in [1.82, 2.24) is 5.32 Å². The molecule has 0 fully saturated rings. The van der Waals surface area contributed by atoms with Crippen molar-refractivity contribution in [3.8, 4) is 5.75 Å². The van der Waals surface area contributed by atoms with Crippen molar-refractivity contribution in [3.05, 3.63) is 29.6 Å². The second-order valence-electron chi connectivity index (χ2n) is 3.52. The van der Waals surface area contributed by atoms with Crippen LogP contribution in [0.2, 0.25) is 0 Å². The highest BCUT2D eigenvalue weighted by molar-refractivity contribution is 5.29. The molecule has 90 valence electrons. The maximum Gasteiger partial charge on any atom is 0.165 e. The smallest absolute Gasteiger partial charge is 0.165 e. The zero-order valence-electron chi connectivity index (χ0n) is 9.63. The fourth-order valence-electron chi connectivity index (χ4n) is 1.39. The van der Waals surface area contributed by atoms with E-state index >= 15 is 0 Å². The number of halogens is 1. The Labute approximate surface area is 95.8 Å². The van der Waals surface area contributed by atoms with E-state index in [-0.39, 0.29) is 5.82 Å². The lowest BCUT2D eigenvalue weighted by molar-refractivity contribution is 0.321. The normalized spacial score (nSPS) is 10.4. The van der Waals surface area contributed by atoms with Crippen molar-refractivity contribution >= 4 is 0 Å². The third-order valence-electron chi connectivity index (χ3n) is 2.18. The van der Waals surface area contributed by atoms with Crippen molar-refractivity contribution in [2.45, 2.75) is 19.9 Å². The van der Waals surface area contributed by atoms with Crippen molar-refractivity contribution in [3.63, 3.8) is 0 Å². The van der Waals surface area contributed by atoms with Crippen LogP contribution in [-0.4, -0.2) is 19.7 Å². The molecule has 0 aromatic heterocycles. The van der Waals surface area contributed by atoms with Gasteiger partial charge in [0.15, 0.2) is 11.6 Å². The number of nitrogens with one attached hydrogen (secondary N) is 1.